The molecule has 0 bridgehead atoms. The Labute approximate surface area is 123 Å². The van der Waals surface area contributed by atoms with E-state index < -0.39 is 0 Å². The van der Waals surface area contributed by atoms with Gasteiger partial charge in [0.05, 0.1) is 12.2 Å². The van der Waals surface area contributed by atoms with Crippen molar-refractivity contribution in [3.8, 4) is 5.75 Å². The molecular formula is C15H14ClNOS. The monoisotopic (exact) mass is 291 g/mol. The minimum atomic E-state index is 0.311. The third-order valence-corrected chi connectivity index (χ3v) is 3.16. The van der Waals surface area contributed by atoms with Gasteiger partial charge in [0.15, 0.2) is 0 Å². The zero-order chi connectivity index (χ0) is 13.7. The van der Waals surface area contributed by atoms with E-state index in [1.54, 1.807) is 18.2 Å². The Balaban J connectivity index is 2.03. The molecule has 2 aromatic carbocycles. The molecule has 0 aromatic heterocycles. The number of nitrogens with two attached hydrogens (primary N) is 1. The Bertz CT molecular complexity index is 572. The second-order valence-corrected chi connectivity index (χ2v) is 4.97. The Morgan fingerprint density at radius 3 is 2.58 bits per heavy atom. The van der Waals surface area contributed by atoms with Crippen LogP contribution in [0.5, 0.6) is 5.75 Å². The van der Waals surface area contributed by atoms with Gasteiger partial charge in [0.25, 0.3) is 0 Å². The predicted molar refractivity (Wildman–Crippen MR) is 83.0 cm³/mol. The van der Waals surface area contributed by atoms with E-state index >= 15 is 0 Å². The van der Waals surface area contributed by atoms with Crippen molar-refractivity contribution in [1.29, 1.82) is 0 Å². The van der Waals surface area contributed by atoms with Gasteiger partial charge in [0, 0.05) is 11.4 Å². The highest BCUT2D eigenvalue weighted by molar-refractivity contribution is 7.80. The van der Waals surface area contributed by atoms with Gasteiger partial charge in [-0.3, -0.25) is 0 Å². The Hall–Kier alpha value is -1.58. The average molecular weight is 292 g/mol. The molecule has 0 radical (unpaired) electrons. The molecule has 0 aliphatic rings. The minimum Gasteiger partial charge on any atom is -0.492 e. The molecule has 19 heavy (non-hydrogen) atoms. The normalized spacial score (nSPS) is 10.2. The molecule has 0 aliphatic heterocycles. The number of halogens is 1. The number of thiocarbonyl (C=S) groups is 1. The van der Waals surface area contributed by atoms with Crippen LogP contribution in [0.2, 0.25) is 5.02 Å². The van der Waals surface area contributed by atoms with E-state index in [4.69, 9.17) is 34.3 Å². The first kappa shape index (κ1) is 13.8. The standard InChI is InChI=1S/C15H14ClNOS/c16-12-6-7-13(15(17)19)14(10-12)18-9-8-11-4-2-1-3-5-11/h1-7,10H,8-9H2,(H2,17,19). The lowest BCUT2D eigenvalue weighted by Crippen LogP contribution is -2.12. The maximum atomic E-state index is 5.95. The molecule has 2 rings (SSSR count). The molecule has 0 unspecified atom stereocenters. The second kappa shape index (κ2) is 6.55. The second-order valence-electron chi connectivity index (χ2n) is 4.09. The molecule has 0 atom stereocenters. The molecule has 0 saturated heterocycles. The van der Waals surface area contributed by atoms with Crippen molar-refractivity contribution >= 4 is 28.8 Å². The summed E-state index contributed by atoms with van der Waals surface area (Å²) in [5.74, 6) is 0.635. The van der Waals surface area contributed by atoms with Crippen molar-refractivity contribution < 1.29 is 4.74 Å². The lowest BCUT2D eigenvalue weighted by molar-refractivity contribution is 0.321. The highest BCUT2D eigenvalue weighted by Crippen LogP contribution is 2.23. The van der Waals surface area contributed by atoms with Gasteiger partial charge in [-0.05, 0) is 23.8 Å². The quantitative estimate of drug-likeness (QED) is 0.855. The van der Waals surface area contributed by atoms with Crippen LogP contribution in [0.25, 0.3) is 0 Å². The van der Waals surface area contributed by atoms with E-state index in [1.807, 2.05) is 18.2 Å². The van der Waals surface area contributed by atoms with E-state index in [-0.39, 0.29) is 0 Å². The summed E-state index contributed by atoms with van der Waals surface area (Å²) in [6, 6.07) is 15.4. The minimum absolute atomic E-state index is 0.311. The molecule has 2 nitrogen and oxygen atoms in total. The zero-order valence-corrected chi connectivity index (χ0v) is 11.9. The molecule has 0 heterocycles. The highest BCUT2D eigenvalue weighted by atomic mass is 35.5. The summed E-state index contributed by atoms with van der Waals surface area (Å²) < 4.78 is 5.73. The zero-order valence-electron chi connectivity index (χ0n) is 10.3. The van der Waals surface area contributed by atoms with Crippen LogP contribution in [0.4, 0.5) is 0 Å². The molecule has 0 fully saturated rings. The van der Waals surface area contributed by atoms with E-state index in [2.05, 4.69) is 12.1 Å². The highest BCUT2D eigenvalue weighted by Gasteiger charge is 2.07. The predicted octanol–water partition coefficient (Wildman–Crippen LogP) is 3.60. The van der Waals surface area contributed by atoms with Crippen LogP contribution >= 0.6 is 23.8 Å². The van der Waals surface area contributed by atoms with E-state index in [0.717, 1.165) is 6.42 Å². The maximum Gasteiger partial charge on any atom is 0.130 e. The van der Waals surface area contributed by atoms with Crippen LogP contribution in [0.3, 0.4) is 0 Å². The third-order valence-electron chi connectivity index (χ3n) is 2.70. The van der Waals surface area contributed by atoms with Crippen LogP contribution in [0.15, 0.2) is 48.5 Å². The first-order chi connectivity index (χ1) is 9.16. The summed E-state index contributed by atoms with van der Waals surface area (Å²) in [5, 5.41) is 0.606. The molecule has 0 aliphatic carbocycles. The Kier molecular flexibility index (Phi) is 4.77. The van der Waals surface area contributed by atoms with Crippen LogP contribution in [-0.2, 0) is 6.42 Å². The number of hydrogen-bond donors (Lipinski definition) is 1. The Morgan fingerprint density at radius 2 is 1.89 bits per heavy atom. The smallest absolute Gasteiger partial charge is 0.130 e. The van der Waals surface area contributed by atoms with E-state index in [0.29, 0.717) is 27.9 Å². The molecule has 0 amide bonds. The summed E-state index contributed by atoms with van der Waals surface area (Å²) in [6.45, 7) is 0.556. The largest absolute Gasteiger partial charge is 0.492 e. The fraction of sp³-hybridized carbons (Fsp3) is 0.133. The van der Waals surface area contributed by atoms with Gasteiger partial charge in [-0.15, -0.1) is 0 Å². The van der Waals surface area contributed by atoms with Gasteiger partial charge in [0.2, 0.25) is 0 Å². The maximum absolute atomic E-state index is 5.95. The fourth-order valence-corrected chi connectivity index (χ4v) is 2.07. The molecular weight excluding hydrogens is 278 g/mol. The van der Waals surface area contributed by atoms with Gasteiger partial charge in [-0.25, -0.2) is 0 Å². The molecule has 2 N–H and O–H groups in total. The summed E-state index contributed by atoms with van der Waals surface area (Å²) in [4.78, 5) is 0.311. The molecule has 0 spiro atoms. The number of benzene rings is 2. The van der Waals surface area contributed by atoms with Gasteiger partial charge in [-0.2, -0.15) is 0 Å². The first-order valence-electron chi connectivity index (χ1n) is 5.93. The van der Waals surface area contributed by atoms with Gasteiger partial charge in [0.1, 0.15) is 10.7 Å². The van der Waals surface area contributed by atoms with Crippen LogP contribution in [-0.4, -0.2) is 11.6 Å². The molecule has 2 aromatic rings. The van der Waals surface area contributed by atoms with Crippen molar-refractivity contribution in [1.82, 2.24) is 0 Å². The topological polar surface area (TPSA) is 35.2 Å². The van der Waals surface area contributed by atoms with Crippen molar-refractivity contribution in [2.24, 2.45) is 5.73 Å². The number of ether oxygens (including phenoxy) is 1. The first-order valence-corrected chi connectivity index (χ1v) is 6.71. The summed E-state index contributed by atoms with van der Waals surface area (Å²) in [6.07, 6.45) is 0.824. The number of rotatable bonds is 5. The van der Waals surface area contributed by atoms with Crippen molar-refractivity contribution in [2.75, 3.05) is 6.61 Å². The van der Waals surface area contributed by atoms with E-state index in [1.165, 1.54) is 5.56 Å². The molecule has 4 heteroatoms. The lowest BCUT2D eigenvalue weighted by atomic mass is 10.1. The summed E-state index contributed by atoms with van der Waals surface area (Å²) in [7, 11) is 0. The molecule has 98 valence electrons. The lowest BCUT2D eigenvalue weighted by Gasteiger charge is -2.11. The Morgan fingerprint density at radius 1 is 1.16 bits per heavy atom. The van der Waals surface area contributed by atoms with E-state index in [9.17, 15) is 0 Å². The fourth-order valence-electron chi connectivity index (χ4n) is 1.74. The van der Waals surface area contributed by atoms with Gasteiger partial charge in [-0.1, -0.05) is 54.2 Å². The van der Waals surface area contributed by atoms with Crippen LogP contribution in [0.1, 0.15) is 11.1 Å². The van der Waals surface area contributed by atoms with Gasteiger partial charge >= 0.3 is 0 Å². The van der Waals surface area contributed by atoms with Crippen molar-refractivity contribution in [3.05, 3.63) is 64.7 Å². The third kappa shape index (κ3) is 3.94. The van der Waals surface area contributed by atoms with Gasteiger partial charge < -0.3 is 10.5 Å². The average Bonchev–Trinajstić information content (AvgIpc) is 2.39. The van der Waals surface area contributed by atoms with Crippen LogP contribution < -0.4 is 10.5 Å². The van der Waals surface area contributed by atoms with Crippen LogP contribution in [0, 0.1) is 0 Å². The van der Waals surface area contributed by atoms with Crippen molar-refractivity contribution in [3.63, 3.8) is 0 Å². The van der Waals surface area contributed by atoms with Crippen molar-refractivity contribution in [2.45, 2.75) is 6.42 Å². The SMILES string of the molecule is NC(=S)c1ccc(Cl)cc1OCCc1ccccc1. The summed E-state index contributed by atoms with van der Waals surface area (Å²) >= 11 is 10.9. The summed E-state index contributed by atoms with van der Waals surface area (Å²) in [5.41, 5.74) is 7.59. The number of hydrogen-bond acceptors (Lipinski definition) is 2. The molecule has 0 saturated carbocycles.